The van der Waals surface area contributed by atoms with E-state index in [1.165, 1.54) is 6.07 Å². The number of tetrazole rings is 1. The SMILES string of the molecule is O=C(Nc1nn[nH]n1)c1ccc(F)cc1Cl. The molecule has 6 nitrogen and oxygen atoms in total. The fourth-order valence-electron chi connectivity index (χ4n) is 1.06. The molecule has 0 saturated heterocycles. The van der Waals surface area contributed by atoms with Crippen LogP contribution >= 0.6 is 11.6 Å². The molecule has 1 amide bonds. The van der Waals surface area contributed by atoms with E-state index in [2.05, 4.69) is 25.9 Å². The van der Waals surface area contributed by atoms with Crippen molar-refractivity contribution < 1.29 is 9.18 Å². The van der Waals surface area contributed by atoms with E-state index in [1.54, 1.807) is 0 Å². The van der Waals surface area contributed by atoms with Gasteiger partial charge in [0.25, 0.3) is 11.9 Å². The van der Waals surface area contributed by atoms with Gasteiger partial charge in [-0.15, -0.1) is 5.10 Å². The van der Waals surface area contributed by atoms with E-state index >= 15 is 0 Å². The molecule has 82 valence electrons. The van der Waals surface area contributed by atoms with Crippen molar-refractivity contribution in [3.8, 4) is 0 Å². The number of nitrogens with one attached hydrogen (secondary N) is 2. The predicted molar refractivity (Wildman–Crippen MR) is 53.5 cm³/mol. The Hall–Kier alpha value is -2.02. The number of carbonyl (C=O) groups excluding carboxylic acids is 1. The maximum atomic E-state index is 12.7. The van der Waals surface area contributed by atoms with Gasteiger partial charge in [0.1, 0.15) is 5.82 Å². The number of aromatic amines is 1. The first-order chi connectivity index (χ1) is 7.66. The minimum absolute atomic E-state index is 0.0148. The van der Waals surface area contributed by atoms with Gasteiger partial charge in [0.2, 0.25) is 0 Å². The Morgan fingerprint density at radius 1 is 1.50 bits per heavy atom. The highest BCUT2D eigenvalue weighted by Crippen LogP contribution is 2.17. The Morgan fingerprint density at radius 3 is 2.94 bits per heavy atom. The highest BCUT2D eigenvalue weighted by Gasteiger charge is 2.12. The molecule has 2 aromatic rings. The van der Waals surface area contributed by atoms with Crippen LogP contribution in [0.5, 0.6) is 0 Å². The van der Waals surface area contributed by atoms with E-state index in [9.17, 15) is 9.18 Å². The molecular weight excluding hydrogens is 237 g/mol. The number of hydrogen-bond donors (Lipinski definition) is 2. The van der Waals surface area contributed by atoms with Crippen molar-refractivity contribution in [3.63, 3.8) is 0 Å². The zero-order valence-electron chi connectivity index (χ0n) is 7.74. The lowest BCUT2D eigenvalue weighted by Crippen LogP contribution is -2.13. The lowest BCUT2D eigenvalue weighted by Gasteiger charge is -2.02. The van der Waals surface area contributed by atoms with Gasteiger partial charge in [0.05, 0.1) is 10.6 Å². The van der Waals surface area contributed by atoms with E-state index in [0.717, 1.165) is 12.1 Å². The summed E-state index contributed by atoms with van der Waals surface area (Å²) in [5.74, 6) is -1.03. The van der Waals surface area contributed by atoms with Crippen LogP contribution in [0.1, 0.15) is 10.4 Å². The molecule has 0 unspecified atom stereocenters. The van der Waals surface area contributed by atoms with Gasteiger partial charge in [-0.1, -0.05) is 16.7 Å². The zero-order valence-corrected chi connectivity index (χ0v) is 8.49. The summed E-state index contributed by atoms with van der Waals surface area (Å²) in [5.41, 5.74) is 0.132. The van der Waals surface area contributed by atoms with Crippen molar-refractivity contribution in [1.82, 2.24) is 20.6 Å². The van der Waals surface area contributed by atoms with E-state index < -0.39 is 11.7 Å². The summed E-state index contributed by atoms with van der Waals surface area (Å²) in [6.07, 6.45) is 0. The lowest BCUT2D eigenvalue weighted by atomic mass is 10.2. The first-order valence-corrected chi connectivity index (χ1v) is 4.54. The van der Waals surface area contributed by atoms with Gasteiger partial charge in [-0.25, -0.2) is 4.39 Å². The summed E-state index contributed by atoms with van der Waals surface area (Å²) in [4.78, 5) is 11.6. The third kappa shape index (κ3) is 2.14. The summed E-state index contributed by atoms with van der Waals surface area (Å²) in [6, 6.07) is 3.46. The molecular formula is C8H5ClFN5O. The van der Waals surface area contributed by atoms with Crippen molar-refractivity contribution in [2.75, 3.05) is 5.32 Å². The van der Waals surface area contributed by atoms with Gasteiger partial charge in [-0.05, 0) is 23.4 Å². The molecule has 0 saturated carbocycles. The minimum atomic E-state index is -0.536. The average Bonchev–Trinajstić information content (AvgIpc) is 2.70. The van der Waals surface area contributed by atoms with Crippen molar-refractivity contribution in [1.29, 1.82) is 0 Å². The van der Waals surface area contributed by atoms with Gasteiger partial charge in [-0.3, -0.25) is 10.1 Å². The first-order valence-electron chi connectivity index (χ1n) is 4.16. The molecule has 0 aliphatic rings. The number of rotatable bonds is 2. The number of anilines is 1. The summed E-state index contributed by atoms with van der Waals surface area (Å²) >= 11 is 5.70. The second-order valence-electron chi connectivity index (χ2n) is 2.81. The molecule has 0 bridgehead atoms. The molecule has 0 fully saturated rings. The first kappa shape index (κ1) is 10.5. The van der Waals surface area contributed by atoms with Crippen molar-refractivity contribution in [3.05, 3.63) is 34.6 Å². The standard InChI is InChI=1S/C8H5ClFN5O/c9-6-3-4(10)1-2-5(6)7(16)11-8-12-14-15-13-8/h1-3H,(H2,11,12,13,14,15,16). The fourth-order valence-corrected chi connectivity index (χ4v) is 1.31. The van der Waals surface area contributed by atoms with Gasteiger partial charge in [0.15, 0.2) is 0 Å². The van der Waals surface area contributed by atoms with E-state index in [1.807, 2.05) is 0 Å². The van der Waals surface area contributed by atoms with Crippen LogP contribution in [0.2, 0.25) is 5.02 Å². The lowest BCUT2D eigenvalue weighted by molar-refractivity contribution is 0.102. The Bertz CT molecular complexity index is 515. The minimum Gasteiger partial charge on any atom is -0.288 e. The maximum absolute atomic E-state index is 12.7. The number of halogens is 2. The molecule has 8 heteroatoms. The molecule has 2 rings (SSSR count). The molecule has 0 aliphatic carbocycles. The number of amides is 1. The number of benzene rings is 1. The summed E-state index contributed by atoms with van der Waals surface area (Å²) in [6.45, 7) is 0. The van der Waals surface area contributed by atoms with Gasteiger partial charge in [-0.2, -0.15) is 5.21 Å². The maximum Gasteiger partial charge on any atom is 0.270 e. The Labute approximate surface area is 93.8 Å². The fraction of sp³-hybridized carbons (Fsp3) is 0. The second-order valence-corrected chi connectivity index (χ2v) is 3.22. The van der Waals surface area contributed by atoms with Gasteiger partial charge in [0, 0.05) is 0 Å². The summed E-state index contributed by atoms with van der Waals surface area (Å²) < 4.78 is 12.7. The molecule has 2 N–H and O–H groups in total. The van der Waals surface area contributed by atoms with Crippen LogP contribution in [-0.4, -0.2) is 26.5 Å². The number of aromatic nitrogens is 4. The topological polar surface area (TPSA) is 83.6 Å². The smallest absolute Gasteiger partial charge is 0.270 e. The van der Waals surface area contributed by atoms with Gasteiger partial charge < -0.3 is 0 Å². The molecule has 16 heavy (non-hydrogen) atoms. The van der Waals surface area contributed by atoms with E-state index in [-0.39, 0.29) is 16.5 Å². The molecule has 0 atom stereocenters. The molecule has 0 radical (unpaired) electrons. The van der Waals surface area contributed by atoms with Crippen LogP contribution in [0.3, 0.4) is 0 Å². The van der Waals surface area contributed by atoms with Crippen molar-refractivity contribution in [2.45, 2.75) is 0 Å². The number of nitrogens with zero attached hydrogens (tertiary/aromatic N) is 3. The van der Waals surface area contributed by atoms with E-state index in [0.29, 0.717) is 0 Å². The largest absolute Gasteiger partial charge is 0.288 e. The Balaban J connectivity index is 2.21. The molecule has 1 aromatic carbocycles. The number of hydrogen-bond acceptors (Lipinski definition) is 4. The highest BCUT2D eigenvalue weighted by molar-refractivity contribution is 6.34. The van der Waals surface area contributed by atoms with Gasteiger partial charge >= 0.3 is 0 Å². The monoisotopic (exact) mass is 241 g/mol. The second kappa shape index (κ2) is 4.23. The van der Waals surface area contributed by atoms with Crippen molar-refractivity contribution >= 4 is 23.5 Å². The quantitative estimate of drug-likeness (QED) is 0.829. The molecule has 1 heterocycles. The van der Waals surface area contributed by atoms with Crippen molar-refractivity contribution in [2.24, 2.45) is 0 Å². The molecule has 0 spiro atoms. The normalized spacial score (nSPS) is 10.1. The Kier molecular flexibility index (Phi) is 2.78. The molecule has 1 aromatic heterocycles. The molecule has 0 aliphatic heterocycles. The number of carbonyl (C=O) groups is 1. The predicted octanol–water partition coefficient (Wildman–Crippen LogP) is 1.24. The van der Waals surface area contributed by atoms with Crippen LogP contribution in [0, 0.1) is 5.82 Å². The summed E-state index contributed by atoms with van der Waals surface area (Å²) in [7, 11) is 0. The van der Waals surface area contributed by atoms with E-state index in [4.69, 9.17) is 11.6 Å². The third-order valence-corrected chi connectivity index (χ3v) is 2.06. The number of H-pyrrole nitrogens is 1. The van der Waals surface area contributed by atoms with Crippen LogP contribution in [0.25, 0.3) is 0 Å². The summed E-state index contributed by atoms with van der Waals surface area (Å²) in [5, 5.41) is 14.9. The van der Waals surface area contributed by atoms with Crippen LogP contribution in [-0.2, 0) is 0 Å². The average molecular weight is 242 g/mol. The third-order valence-electron chi connectivity index (χ3n) is 1.75. The van der Waals surface area contributed by atoms with Crippen LogP contribution in [0.4, 0.5) is 10.3 Å². The van der Waals surface area contributed by atoms with Crippen LogP contribution in [0.15, 0.2) is 18.2 Å². The Morgan fingerprint density at radius 2 is 2.31 bits per heavy atom. The van der Waals surface area contributed by atoms with Crippen LogP contribution < -0.4 is 5.32 Å². The zero-order chi connectivity index (χ0) is 11.5. The highest BCUT2D eigenvalue weighted by atomic mass is 35.5.